The number of carbonyl (C=O) groups excluding carboxylic acids is 4. The van der Waals surface area contributed by atoms with Crippen molar-refractivity contribution in [1.82, 2.24) is 45.4 Å². The summed E-state index contributed by atoms with van der Waals surface area (Å²) in [5, 5.41) is 5.06. The van der Waals surface area contributed by atoms with E-state index in [-0.39, 0.29) is 30.3 Å². The Bertz CT molecular complexity index is 2230. The monoisotopic (exact) mass is 803 g/mol. The molecule has 16 heteroatoms. The summed E-state index contributed by atoms with van der Waals surface area (Å²) in [5.74, 6) is 0.823. The second-order valence-corrected chi connectivity index (χ2v) is 14.6. The fourth-order valence-electron chi connectivity index (χ4n) is 7.76. The first-order valence-electron chi connectivity index (χ1n) is 19.7. The molecule has 0 unspecified atom stereocenters. The molecule has 16 nitrogen and oxygen atoms in total. The van der Waals surface area contributed by atoms with Gasteiger partial charge >= 0.3 is 12.2 Å². The van der Waals surface area contributed by atoms with E-state index in [4.69, 9.17) is 14.2 Å². The quantitative estimate of drug-likeness (QED) is 0.117. The van der Waals surface area contributed by atoms with Gasteiger partial charge in [0.25, 0.3) is 5.91 Å². The number of aromatic amines is 2. The van der Waals surface area contributed by atoms with Crippen LogP contribution in [0.3, 0.4) is 0 Å². The lowest BCUT2D eigenvalue weighted by Gasteiger charge is -2.30. The molecule has 2 aromatic carbocycles. The van der Waals surface area contributed by atoms with Gasteiger partial charge in [-0.25, -0.2) is 19.6 Å². The van der Waals surface area contributed by atoms with Crippen LogP contribution in [-0.4, -0.2) is 111 Å². The normalized spacial score (nSPS) is 17.9. The number of hydrogen-bond acceptors (Lipinski definition) is 10. The minimum atomic E-state index is -1.03. The van der Waals surface area contributed by atoms with Crippen molar-refractivity contribution in [3.05, 3.63) is 103 Å². The molecule has 5 aromatic rings. The molecule has 0 bridgehead atoms. The number of nitrogens with zero attached hydrogens (tertiary/aromatic N) is 5. The summed E-state index contributed by atoms with van der Waals surface area (Å²) in [4.78, 5) is 75.7. The van der Waals surface area contributed by atoms with E-state index >= 15 is 0 Å². The fraction of sp³-hybridized carbons (Fsp3) is 0.372. The van der Waals surface area contributed by atoms with Gasteiger partial charge in [-0.1, -0.05) is 54.6 Å². The highest BCUT2D eigenvalue weighted by molar-refractivity contribution is 5.87. The van der Waals surface area contributed by atoms with Crippen LogP contribution in [0.2, 0.25) is 0 Å². The predicted octanol–water partition coefficient (Wildman–Crippen LogP) is 5.58. The molecule has 5 heterocycles. The number of carbonyl (C=O) groups is 4. The molecule has 0 saturated carbocycles. The highest BCUT2D eigenvalue weighted by atomic mass is 16.6. The second-order valence-electron chi connectivity index (χ2n) is 14.6. The number of likely N-dealkylation sites (tertiary alicyclic amines) is 2. The lowest BCUT2D eigenvalue weighted by molar-refractivity contribution is -0.141. The average molecular weight is 804 g/mol. The lowest BCUT2D eigenvalue weighted by Crippen LogP contribution is -2.54. The molecule has 0 aliphatic carbocycles. The molecule has 5 atom stereocenters. The smallest absolute Gasteiger partial charge is 0.407 e. The van der Waals surface area contributed by atoms with Crippen LogP contribution >= 0.6 is 0 Å². The van der Waals surface area contributed by atoms with Crippen molar-refractivity contribution in [2.75, 3.05) is 34.4 Å². The Morgan fingerprint density at radius 2 is 1.29 bits per heavy atom. The Labute approximate surface area is 342 Å². The SMILES string of the molecule is CNC(=O)O[C@@H](Cc1ccccn1)C(=O)N1CCC[C@H]1c1ncc(-c2ccc(-c3ccc(-c4cnc([C@@H]5CCCN5C(=O)[C@@H](NC(=O)OC)[C@@H](C)OC)[nH]4)cc3)cc2)[nH]1. The molecule has 0 spiro atoms. The number of alkyl carbamates (subject to hydrolysis) is 2. The zero-order valence-corrected chi connectivity index (χ0v) is 33.5. The molecule has 2 aliphatic heterocycles. The van der Waals surface area contributed by atoms with Gasteiger partial charge in [-0.05, 0) is 67.0 Å². The standard InChI is InChI=1S/C43H49N9O7/c1-26(57-3)37(50-43(56)58-4)41(54)52-22-8-11-35(52)39-47-25-33(49-39)30-18-14-28(15-19-30)27-12-16-29(17-13-27)32-24-46-38(48-32)34-10-7-21-51(34)40(53)36(59-42(55)44-2)23-31-9-5-6-20-45-31/h5-6,9,12-20,24-26,34-37H,7-8,10-11,21-23H2,1-4H3,(H,44,55)(H,46,48)(H,47,49)(H,50,56)/t26-,34+,35+,36+,37+/m1/s1. The zero-order valence-electron chi connectivity index (χ0n) is 33.5. The van der Waals surface area contributed by atoms with Crippen LogP contribution in [0, 0.1) is 0 Å². The van der Waals surface area contributed by atoms with E-state index in [9.17, 15) is 19.2 Å². The molecule has 308 valence electrons. The van der Waals surface area contributed by atoms with Crippen LogP contribution in [0.1, 0.15) is 62.0 Å². The second kappa shape index (κ2) is 18.4. The van der Waals surface area contributed by atoms with Crippen molar-refractivity contribution in [3.8, 4) is 33.6 Å². The fourth-order valence-corrected chi connectivity index (χ4v) is 7.76. The lowest BCUT2D eigenvalue weighted by atomic mass is 10.0. The molecule has 2 fully saturated rings. The van der Waals surface area contributed by atoms with E-state index in [0.29, 0.717) is 30.4 Å². The van der Waals surface area contributed by atoms with Crippen LogP contribution in [0.5, 0.6) is 0 Å². The number of hydrogen-bond donors (Lipinski definition) is 4. The third-order valence-electron chi connectivity index (χ3n) is 11.0. The zero-order chi connectivity index (χ0) is 41.5. The number of nitrogens with one attached hydrogen (secondary N) is 4. The van der Waals surface area contributed by atoms with Crippen molar-refractivity contribution in [2.45, 2.75) is 69.4 Å². The highest BCUT2D eigenvalue weighted by Gasteiger charge is 2.39. The molecule has 2 aliphatic rings. The summed E-state index contributed by atoms with van der Waals surface area (Å²) >= 11 is 0. The van der Waals surface area contributed by atoms with E-state index < -0.39 is 30.4 Å². The van der Waals surface area contributed by atoms with Crippen molar-refractivity contribution in [3.63, 3.8) is 0 Å². The minimum Gasteiger partial charge on any atom is -0.453 e. The summed E-state index contributed by atoms with van der Waals surface area (Å²) in [6.45, 7) is 2.79. The molecule has 7 rings (SSSR count). The van der Waals surface area contributed by atoms with Crippen molar-refractivity contribution in [2.24, 2.45) is 0 Å². The third kappa shape index (κ3) is 9.12. The van der Waals surface area contributed by atoms with Crippen molar-refractivity contribution in [1.29, 1.82) is 0 Å². The molecular weight excluding hydrogens is 755 g/mol. The van der Waals surface area contributed by atoms with Gasteiger partial charge in [-0.2, -0.15) is 0 Å². The molecule has 4 N–H and O–H groups in total. The maximum absolute atomic E-state index is 13.8. The molecule has 0 radical (unpaired) electrons. The van der Waals surface area contributed by atoms with E-state index in [1.165, 1.54) is 21.3 Å². The van der Waals surface area contributed by atoms with Crippen LogP contribution in [-0.2, 0) is 30.2 Å². The molecule has 59 heavy (non-hydrogen) atoms. The Balaban J connectivity index is 1.00. The maximum Gasteiger partial charge on any atom is 0.407 e. The summed E-state index contributed by atoms with van der Waals surface area (Å²) in [6, 6.07) is 20.3. The van der Waals surface area contributed by atoms with Crippen molar-refractivity contribution >= 4 is 24.0 Å². The minimum absolute atomic E-state index is 0.164. The van der Waals surface area contributed by atoms with Gasteiger partial charge in [-0.15, -0.1) is 0 Å². The van der Waals surface area contributed by atoms with Gasteiger partial charge < -0.3 is 44.6 Å². The molecular formula is C43H49N9O7. The Hall–Kier alpha value is -6.55. The number of H-pyrrole nitrogens is 2. The van der Waals surface area contributed by atoms with Crippen LogP contribution in [0.25, 0.3) is 33.6 Å². The van der Waals surface area contributed by atoms with Gasteiger partial charge in [0.05, 0.1) is 49.1 Å². The number of methoxy groups -OCH3 is 2. The number of imidazole rings is 2. The number of amides is 4. The van der Waals surface area contributed by atoms with E-state index in [1.54, 1.807) is 47.4 Å². The summed E-state index contributed by atoms with van der Waals surface area (Å²) in [5.41, 5.74) is 6.28. The first-order valence-corrected chi connectivity index (χ1v) is 19.7. The third-order valence-corrected chi connectivity index (χ3v) is 11.0. The van der Waals surface area contributed by atoms with Crippen LogP contribution < -0.4 is 10.6 Å². The summed E-state index contributed by atoms with van der Waals surface area (Å²) in [7, 11) is 4.21. The van der Waals surface area contributed by atoms with Gasteiger partial charge in [0.1, 0.15) is 17.7 Å². The first-order chi connectivity index (χ1) is 28.7. The van der Waals surface area contributed by atoms with Crippen LogP contribution in [0.15, 0.2) is 85.3 Å². The molecule has 4 amide bonds. The average Bonchev–Trinajstić information content (AvgIpc) is 4.12. The molecule has 3 aromatic heterocycles. The Kier molecular flexibility index (Phi) is 12.6. The van der Waals surface area contributed by atoms with Gasteiger partial charge in [-0.3, -0.25) is 14.6 Å². The maximum atomic E-state index is 13.8. The van der Waals surface area contributed by atoms with E-state index in [1.807, 2.05) is 30.3 Å². The first kappa shape index (κ1) is 40.6. The van der Waals surface area contributed by atoms with Gasteiger partial charge in [0, 0.05) is 45.6 Å². The number of rotatable bonds is 13. The predicted molar refractivity (Wildman–Crippen MR) is 217 cm³/mol. The Morgan fingerprint density at radius 3 is 1.78 bits per heavy atom. The van der Waals surface area contributed by atoms with Crippen LogP contribution in [0.4, 0.5) is 9.59 Å². The van der Waals surface area contributed by atoms with Gasteiger partial charge in [0.15, 0.2) is 6.10 Å². The highest BCUT2D eigenvalue weighted by Crippen LogP contribution is 2.35. The van der Waals surface area contributed by atoms with Gasteiger partial charge in [0.2, 0.25) is 5.91 Å². The number of benzene rings is 2. The largest absolute Gasteiger partial charge is 0.453 e. The number of pyridine rings is 1. The topological polar surface area (TPSA) is 197 Å². The van der Waals surface area contributed by atoms with E-state index in [2.05, 4.69) is 59.8 Å². The summed E-state index contributed by atoms with van der Waals surface area (Å²) < 4.78 is 15.7. The number of aromatic nitrogens is 5. The van der Waals surface area contributed by atoms with Crippen molar-refractivity contribution < 1.29 is 33.4 Å². The Morgan fingerprint density at radius 1 is 0.746 bits per heavy atom. The van der Waals surface area contributed by atoms with E-state index in [0.717, 1.165) is 59.3 Å². The summed E-state index contributed by atoms with van der Waals surface area (Å²) in [6.07, 6.45) is 5.48. The number of ether oxygens (including phenoxy) is 3. The molecule has 2 saturated heterocycles.